The minimum Gasteiger partial charge on any atom is -0.478 e. The van der Waals surface area contributed by atoms with Crippen molar-refractivity contribution in [3.8, 4) is 0 Å². The Balaban J connectivity index is 2.58. The second-order valence-electron chi connectivity index (χ2n) is 4.06. The summed E-state index contributed by atoms with van der Waals surface area (Å²) in [6.07, 6.45) is 2.25. The average Bonchev–Trinajstić information content (AvgIpc) is 2.42. The molecule has 1 aromatic rings. The molecule has 5 heteroatoms. The van der Waals surface area contributed by atoms with Crippen LogP contribution in [0.15, 0.2) is 42.5 Å². The minimum atomic E-state index is -1.21. The van der Waals surface area contributed by atoms with Gasteiger partial charge in [0.1, 0.15) is 6.17 Å². The number of carboxylic acids is 1. The van der Waals surface area contributed by atoms with Gasteiger partial charge in [0, 0.05) is 6.08 Å². The molecule has 104 valence electrons. The number of allylic oxidation sites excluding steroid dienone is 1. The molecule has 4 nitrogen and oxygen atoms in total. The van der Waals surface area contributed by atoms with E-state index in [0.717, 1.165) is 6.08 Å². The SMILES string of the molecule is CONC(CC/C=C\C(=O)O)C(F)c1ccccc1. The third kappa shape index (κ3) is 5.63. The summed E-state index contributed by atoms with van der Waals surface area (Å²) in [6, 6.07) is 8.27. The molecule has 2 N–H and O–H groups in total. The van der Waals surface area contributed by atoms with Crippen LogP contribution in [0.4, 0.5) is 4.39 Å². The van der Waals surface area contributed by atoms with Crippen LogP contribution >= 0.6 is 0 Å². The van der Waals surface area contributed by atoms with Crippen LogP contribution in [0.2, 0.25) is 0 Å². The fourth-order valence-corrected chi connectivity index (χ4v) is 1.75. The van der Waals surface area contributed by atoms with Gasteiger partial charge >= 0.3 is 5.97 Å². The van der Waals surface area contributed by atoms with Crippen LogP contribution in [0.5, 0.6) is 0 Å². The fraction of sp³-hybridized carbons (Fsp3) is 0.357. The number of hydrogen-bond donors (Lipinski definition) is 2. The zero-order valence-electron chi connectivity index (χ0n) is 10.8. The number of halogens is 1. The Hall–Kier alpha value is -1.72. The van der Waals surface area contributed by atoms with Gasteiger partial charge in [-0.1, -0.05) is 36.4 Å². The van der Waals surface area contributed by atoms with Gasteiger partial charge in [0.05, 0.1) is 13.2 Å². The van der Waals surface area contributed by atoms with E-state index in [9.17, 15) is 9.18 Å². The van der Waals surface area contributed by atoms with E-state index in [1.807, 2.05) is 6.07 Å². The number of hydroxylamine groups is 1. The van der Waals surface area contributed by atoms with Crippen molar-refractivity contribution in [1.82, 2.24) is 5.48 Å². The highest BCUT2D eigenvalue weighted by Gasteiger charge is 2.21. The van der Waals surface area contributed by atoms with E-state index in [2.05, 4.69) is 5.48 Å². The minimum absolute atomic E-state index is 0.438. The van der Waals surface area contributed by atoms with Gasteiger partial charge in [0.15, 0.2) is 0 Å². The standard InChI is InChI=1S/C14H18FNO3/c1-19-16-12(9-5-6-10-13(17)18)14(15)11-7-3-2-4-8-11/h2-4,6-8,10,12,14,16H,5,9H2,1H3,(H,17,18)/b10-6-. The lowest BCUT2D eigenvalue weighted by molar-refractivity contribution is -0.131. The van der Waals surface area contributed by atoms with Gasteiger partial charge in [-0.25, -0.2) is 9.18 Å². The first-order valence-electron chi connectivity index (χ1n) is 6.02. The normalized spacial score (nSPS) is 14.4. The summed E-state index contributed by atoms with van der Waals surface area (Å²) in [4.78, 5) is 15.1. The van der Waals surface area contributed by atoms with Gasteiger partial charge in [0.25, 0.3) is 0 Å². The van der Waals surface area contributed by atoms with Gasteiger partial charge in [0.2, 0.25) is 0 Å². The number of carboxylic acid groups (broad SMARTS) is 1. The predicted octanol–water partition coefficient (Wildman–Crippen LogP) is 2.64. The first-order chi connectivity index (χ1) is 9.15. The Labute approximate surface area is 111 Å². The molecule has 0 saturated carbocycles. The molecule has 0 aliphatic carbocycles. The molecule has 0 aromatic heterocycles. The molecule has 0 aliphatic heterocycles. The maximum absolute atomic E-state index is 14.3. The second kappa shape index (κ2) is 8.39. The van der Waals surface area contributed by atoms with Crippen LogP contribution in [0.1, 0.15) is 24.6 Å². The second-order valence-corrected chi connectivity index (χ2v) is 4.06. The molecule has 1 aromatic carbocycles. The van der Waals surface area contributed by atoms with Crippen LogP contribution in [0, 0.1) is 0 Å². The number of carbonyl (C=O) groups is 1. The summed E-state index contributed by atoms with van der Waals surface area (Å²) < 4.78 is 14.3. The lowest BCUT2D eigenvalue weighted by atomic mass is 10.0. The largest absolute Gasteiger partial charge is 0.478 e. The topological polar surface area (TPSA) is 58.6 Å². The van der Waals surface area contributed by atoms with E-state index >= 15 is 0 Å². The van der Waals surface area contributed by atoms with Crippen molar-refractivity contribution < 1.29 is 19.1 Å². The highest BCUT2D eigenvalue weighted by atomic mass is 19.1. The molecule has 0 saturated heterocycles. The van der Waals surface area contributed by atoms with Crippen molar-refractivity contribution in [2.45, 2.75) is 25.1 Å². The van der Waals surface area contributed by atoms with Crippen LogP contribution in [-0.4, -0.2) is 24.2 Å². The molecule has 2 unspecified atom stereocenters. The first kappa shape index (κ1) is 15.3. The van der Waals surface area contributed by atoms with E-state index in [4.69, 9.17) is 9.94 Å². The van der Waals surface area contributed by atoms with Gasteiger partial charge in [-0.15, -0.1) is 0 Å². The van der Waals surface area contributed by atoms with Crippen molar-refractivity contribution in [1.29, 1.82) is 0 Å². The predicted molar refractivity (Wildman–Crippen MR) is 70.2 cm³/mol. The monoisotopic (exact) mass is 267 g/mol. The highest BCUT2D eigenvalue weighted by molar-refractivity contribution is 5.79. The molecular formula is C14H18FNO3. The van der Waals surface area contributed by atoms with Crippen molar-refractivity contribution in [3.05, 3.63) is 48.0 Å². The lowest BCUT2D eigenvalue weighted by Crippen LogP contribution is -2.32. The Bertz CT molecular complexity index is 408. The Morgan fingerprint density at radius 2 is 2.16 bits per heavy atom. The summed E-state index contributed by atoms with van der Waals surface area (Å²) in [7, 11) is 1.43. The molecule has 1 rings (SSSR count). The van der Waals surface area contributed by atoms with E-state index in [1.54, 1.807) is 24.3 Å². The van der Waals surface area contributed by atoms with Crippen LogP contribution in [0.25, 0.3) is 0 Å². The lowest BCUT2D eigenvalue weighted by Gasteiger charge is -2.21. The summed E-state index contributed by atoms with van der Waals surface area (Å²) in [6.45, 7) is 0. The number of hydrogen-bond acceptors (Lipinski definition) is 3. The summed E-state index contributed by atoms with van der Waals surface area (Å²) in [5.41, 5.74) is 3.18. The zero-order valence-corrected chi connectivity index (χ0v) is 10.8. The molecule has 0 aliphatic rings. The number of aliphatic carboxylic acids is 1. The molecule has 2 atom stereocenters. The van der Waals surface area contributed by atoms with Crippen molar-refractivity contribution in [2.75, 3.05) is 7.11 Å². The van der Waals surface area contributed by atoms with Crippen molar-refractivity contribution in [3.63, 3.8) is 0 Å². The van der Waals surface area contributed by atoms with Crippen molar-refractivity contribution in [2.24, 2.45) is 0 Å². The van der Waals surface area contributed by atoms with E-state index in [0.29, 0.717) is 18.4 Å². The molecule has 0 bridgehead atoms. The Morgan fingerprint density at radius 1 is 1.47 bits per heavy atom. The van der Waals surface area contributed by atoms with Gasteiger partial charge in [-0.05, 0) is 18.4 Å². The van der Waals surface area contributed by atoms with E-state index in [1.165, 1.54) is 13.2 Å². The Morgan fingerprint density at radius 3 is 2.74 bits per heavy atom. The molecule has 0 fully saturated rings. The quantitative estimate of drug-likeness (QED) is 0.561. The van der Waals surface area contributed by atoms with Gasteiger partial charge in [-0.2, -0.15) is 5.48 Å². The number of alkyl halides is 1. The number of rotatable bonds is 8. The molecular weight excluding hydrogens is 249 g/mol. The number of benzene rings is 1. The summed E-state index contributed by atoms with van der Waals surface area (Å²) in [5.74, 6) is -1.00. The summed E-state index contributed by atoms with van der Waals surface area (Å²) >= 11 is 0. The third-order valence-electron chi connectivity index (χ3n) is 2.65. The van der Waals surface area contributed by atoms with Crippen LogP contribution < -0.4 is 5.48 Å². The van der Waals surface area contributed by atoms with Crippen LogP contribution in [-0.2, 0) is 9.63 Å². The number of nitrogens with one attached hydrogen (secondary N) is 1. The maximum Gasteiger partial charge on any atom is 0.327 e. The van der Waals surface area contributed by atoms with Crippen LogP contribution in [0.3, 0.4) is 0 Å². The summed E-state index contributed by atoms with van der Waals surface area (Å²) in [5, 5.41) is 8.47. The van der Waals surface area contributed by atoms with E-state index < -0.39 is 18.2 Å². The molecule has 0 radical (unpaired) electrons. The molecule has 19 heavy (non-hydrogen) atoms. The molecule has 0 amide bonds. The average molecular weight is 267 g/mol. The fourth-order valence-electron chi connectivity index (χ4n) is 1.75. The van der Waals surface area contributed by atoms with E-state index in [-0.39, 0.29) is 0 Å². The van der Waals surface area contributed by atoms with Gasteiger partial charge < -0.3 is 9.94 Å². The molecule has 0 spiro atoms. The first-order valence-corrected chi connectivity index (χ1v) is 6.02. The van der Waals surface area contributed by atoms with Gasteiger partial charge in [-0.3, -0.25) is 0 Å². The third-order valence-corrected chi connectivity index (χ3v) is 2.65. The molecule has 0 heterocycles. The highest BCUT2D eigenvalue weighted by Crippen LogP contribution is 2.24. The zero-order chi connectivity index (χ0) is 14.1. The smallest absolute Gasteiger partial charge is 0.327 e. The van der Waals surface area contributed by atoms with Crippen molar-refractivity contribution >= 4 is 5.97 Å². The Kier molecular flexibility index (Phi) is 6.78. The maximum atomic E-state index is 14.3.